The minimum atomic E-state index is 0.531. The van der Waals surface area contributed by atoms with E-state index in [-0.39, 0.29) is 0 Å². The van der Waals surface area contributed by atoms with Crippen molar-refractivity contribution in [3.63, 3.8) is 0 Å². The summed E-state index contributed by atoms with van der Waals surface area (Å²) in [5.41, 5.74) is 0.531. The molecule has 0 unspecified atom stereocenters. The predicted octanol–water partition coefficient (Wildman–Crippen LogP) is 2.59. The highest BCUT2D eigenvalue weighted by Crippen LogP contribution is 2.38. The molecule has 1 N–H and O–H groups in total. The molecule has 2 heterocycles. The predicted molar refractivity (Wildman–Crippen MR) is 76.1 cm³/mol. The smallest absolute Gasteiger partial charge is 0.318 e. The summed E-state index contributed by atoms with van der Waals surface area (Å²) in [6.45, 7) is 10.3. The van der Waals surface area contributed by atoms with E-state index in [0.717, 1.165) is 19.6 Å². The minimum absolute atomic E-state index is 0.531. The third-order valence-corrected chi connectivity index (χ3v) is 4.58. The molecule has 1 aromatic heterocycles. The van der Waals surface area contributed by atoms with Crippen LogP contribution in [-0.4, -0.2) is 29.8 Å². The van der Waals surface area contributed by atoms with Gasteiger partial charge in [-0.05, 0) is 24.8 Å². The highest BCUT2D eigenvalue weighted by molar-refractivity contribution is 5.25. The van der Waals surface area contributed by atoms with Crippen molar-refractivity contribution in [2.45, 2.75) is 53.0 Å². The zero-order chi connectivity index (χ0) is 13.7. The van der Waals surface area contributed by atoms with E-state index in [1.165, 1.54) is 25.7 Å². The van der Waals surface area contributed by atoms with Crippen molar-refractivity contribution < 1.29 is 4.42 Å². The van der Waals surface area contributed by atoms with Crippen molar-refractivity contribution in [3.8, 4) is 0 Å². The molecule has 5 nitrogen and oxygen atoms in total. The van der Waals surface area contributed by atoms with Gasteiger partial charge in [0.1, 0.15) is 0 Å². The van der Waals surface area contributed by atoms with Gasteiger partial charge < -0.3 is 14.6 Å². The molecule has 0 aliphatic carbocycles. The van der Waals surface area contributed by atoms with Gasteiger partial charge in [-0.1, -0.05) is 38.7 Å². The molecule has 0 radical (unpaired) electrons. The van der Waals surface area contributed by atoms with Crippen molar-refractivity contribution >= 4 is 6.01 Å². The van der Waals surface area contributed by atoms with Crippen LogP contribution in [0.1, 0.15) is 52.3 Å². The number of aromatic nitrogens is 2. The molecule has 0 atom stereocenters. The molecule has 2 rings (SSSR count). The summed E-state index contributed by atoms with van der Waals surface area (Å²) in [5.74, 6) is 0.680. The molecular formula is C14H26N4O. The van der Waals surface area contributed by atoms with Crippen molar-refractivity contribution in [1.82, 2.24) is 15.5 Å². The molecule has 5 heteroatoms. The van der Waals surface area contributed by atoms with Crippen LogP contribution in [0.25, 0.3) is 0 Å². The second kappa shape index (κ2) is 6.37. The fourth-order valence-electron chi connectivity index (χ4n) is 2.81. The lowest BCUT2D eigenvalue weighted by molar-refractivity contribution is 0.196. The average Bonchev–Trinajstić information content (AvgIpc) is 2.94. The van der Waals surface area contributed by atoms with Gasteiger partial charge in [0.15, 0.2) is 0 Å². The maximum atomic E-state index is 5.70. The van der Waals surface area contributed by atoms with Crippen molar-refractivity contribution in [3.05, 3.63) is 5.89 Å². The Kier molecular flexibility index (Phi) is 4.80. The summed E-state index contributed by atoms with van der Waals surface area (Å²) < 4.78 is 5.70. The number of anilines is 1. The number of hydrogen-bond acceptors (Lipinski definition) is 5. The molecule has 0 spiro atoms. The lowest BCUT2D eigenvalue weighted by atomic mass is 9.74. The van der Waals surface area contributed by atoms with Gasteiger partial charge in [-0.15, -0.1) is 5.10 Å². The monoisotopic (exact) mass is 266 g/mol. The van der Waals surface area contributed by atoms with Gasteiger partial charge in [0.2, 0.25) is 5.89 Å². The van der Waals surface area contributed by atoms with Crippen LogP contribution in [0, 0.1) is 5.41 Å². The second-order valence-electron chi connectivity index (χ2n) is 5.45. The number of rotatable bonds is 6. The fraction of sp³-hybridized carbons (Fsp3) is 0.857. The largest absolute Gasteiger partial charge is 0.407 e. The Hall–Kier alpha value is -1.10. The zero-order valence-corrected chi connectivity index (χ0v) is 12.4. The van der Waals surface area contributed by atoms with E-state index in [9.17, 15) is 0 Å². The van der Waals surface area contributed by atoms with E-state index in [0.29, 0.717) is 23.9 Å². The highest BCUT2D eigenvalue weighted by Gasteiger charge is 2.32. The molecule has 19 heavy (non-hydrogen) atoms. The van der Waals surface area contributed by atoms with Crippen molar-refractivity contribution in [2.24, 2.45) is 5.41 Å². The van der Waals surface area contributed by atoms with Gasteiger partial charge in [0.25, 0.3) is 0 Å². The van der Waals surface area contributed by atoms with E-state index < -0.39 is 0 Å². The molecule has 0 amide bonds. The highest BCUT2D eigenvalue weighted by atomic mass is 16.4. The molecule has 108 valence electrons. The van der Waals surface area contributed by atoms with Crippen LogP contribution in [0.5, 0.6) is 0 Å². The summed E-state index contributed by atoms with van der Waals surface area (Å²) in [7, 11) is 0. The molecule has 1 fully saturated rings. The van der Waals surface area contributed by atoms with Crippen LogP contribution >= 0.6 is 0 Å². The van der Waals surface area contributed by atoms with Crippen molar-refractivity contribution in [2.75, 3.05) is 24.5 Å². The number of nitrogens with one attached hydrogen (secondary N) is 1. The van der Waals surface area contributed by atoms with E-state index in [1.807, 2.05) is 0 Å². The Morgan fingerprint density at radius 1 is 1.16 bits per heavy atom. The normalized spacial score (nSPS) is 18.8. The van der Waals surface area contributed by atoms with Crippen LogP contribution in [0.3, 0.4) is 0 Å². The Morgan fingerprint density at radius 3 is 2.42 bits per heavy atom. The maximum Gasteiger partial charge on any atom is 0.318 e. The average molecular weight is 266 g/mol. The Bertz CT molecular complexity index is 377. The Labute approximate surface area is 115 Å². The number of nitrogens with zero attached hydrogens (tertiary/aromatic N) is 3. The first-order valence-electron chi connectivity index (χ1n) is 7.51. The zero-order valence-electron chi connectivity index (χ0n) is 12.4. The minimum Gasteiger partial charge on any atom is -0.407 e. The van der Waals surface area contributed by atoms with Gasteiger partial charge in [-0.3, -0.25) is 0 Å². The SMILES string of the molecule is CCNCc1nnc(N2CCC(CC)(CC)CC2)o1. The summed E-state index contributed by atoms with van der Waals surface area (Å²) >= 11 is 0. The number of piperidine rings is 1. The third kappa shape index (κ3) is 3.26. The first-order chi connectivity index (χ1) is 9.23. The lowest BCUT2D eigenvalue weighted by Gasteiger charge is -2.40. The quantitative estimate of drug-likeness (QED) is 0.857. The van der Waals surface area contributed by atoms with Gasteiger partial charge in [0, 0.05) is 13.1 Å². The summed E-state index contributed by atoms with van der Waals surface area (Å²) in [4.78, 5) is 2.23. The van der Waals surface area contributed by atoms with E-state index in [2.05, 4.69) is 41.2 Å². The lowest BCUT2D eigenvalue weighted by Crippen LogP contribution is -2.39. The van der Waals surface area contributed by atoms with Gasteiger partial charge in [-0.2, -0.15) is 0 Å². The molecule has 1 aromatic rings. The molecule has 0 bridgehead atoms. The van der Waals surface area contributed by atoms with Crippen LogP contribution < -0.4 is 10.2 Å². The van der Waals surface area contributed by atoms with E-state index >= 15 is 0 Å². The van der Waals surface area contributed by atoms with Gasteiger partial charge >= 0.3 is 6.01 Å². The fourth-order valence-corrected chi connectivity index (χ4v) is 2.81. The Balaban J connectivity index is 1.92. The van der Waals surface area contributed by atoms with Crippen LogP contribution in [0.2, 0.25) is 0 Å². The molecular weight excluding hydrogens is 240 g/mol. The first-order valence-corrected chi connectivity index (χ1v) is 7.51. The van der Waals surface area contributed by atoms with Crippen LogP contribution in [0.4, 0.5) is 6.01 Å². The summed E-state index contributed by atoms with van der Waals surface area (Å²) in [5, 5.41) is 11.4. The topological polar surface area (TPSA) is 54.2 Å². The molecule has 1 saturated heterocycles. The summed E-state index contributed by atoms with van der Waals surface area (Å²) in [6, 6.07) is 0.689. The van der Waals surface area contributed by atoms with Crippen molar-refractivity contribution in [1.29, 1.82) is 0 Å². The standard InChI is InChI=1S/C14H26N4O/c1-4-14(5-2)7-9-18(10-8-14)13-17-16-12(19-13)11-15-6-3/h15H,4-11H2,1-3H3. The maximum absolute atomic E-state index is 5.70. The first kappa shape index (κ1) is 14.3. The second-order valence-corrected chi connectivity index (χ2v) is 5.45. The van der Waals surface area contributed by atoms with E-state index in [1.54, 1.807) is 0 Å². The van der Waals surface area contributed by atoms with Crippen LogP contribution in [0.15, 0.2) is 4.42 Å². The van der Waals surface area contributed by atoms with E-state index in [4.69, 9.17) is 4.42 Å². The molecule has 1 aliphatic rings. The van der Waals surface area contributed by atoms with Gasteiger partial charge in [-0.25, -0.2) is 0 Å². The Morgan fingerprint density at radius 2 is 1.84 bits per heavy atom. The van der Waals surface area contributed by atoms with Gasteiger partial charge in [0.05, 0.1) is 6.54 Å². The molecule has 0 aromatic carbocycles. The van der Waals surface area contributed by atoms with Crippen LogP contribution in [-0.2, 0) is 6.54 Å². The third-order valence-electron chi connectivity index (χ3n) is 4.58. The molecule has 1 aliphatic heterocycles. The molecule has 0 saturated carbocycles. The summed E-state index contributed by atoms with van der Waals surface area (Å²) in [6.07, 6.45) is 5.00. The number of hydrogen-bond donors (Lipinski definition) is 1.